The summed E-state index contributed by atoms with van der Waals surface area (Å²) in [6.07, 6.45) is 0.263. The molecule has 3 N–H and O–H groups in total. The summed E-state index contributed by atoms with van der Waals surface area (Å²) in [6.45, 7) is 6.93. The molecule has 1 aliphatic carbocycles. The van der Waals surface area contributed by atoms with Gasteiger partial charge in [0.2, 0.25) is 0 Å². The summed E-state index contributed by atoms with van der Waals surface area (Å²) in [5, 5.41) is 18.4. The first-order chi connectivity index (χ1) is 14.4. The molecule has 3 nitrogen and oxygen atoms in total. The van der Waals surface area contributed by atoms with Gasteiger partial charge in [-0.1, -0.05) is 78.9 Å². The first-order valence-electron chi connectivity index (χ1n) is 10.8. The van der Waals surface area contributed by atoms with Gasteiger partial charge < -0.3 is 15.7 Å². The molecule has 0 saturated carbocycles. The van der Waals surface area contributed by atoms with Crippen molar-refractivity contribution in [1.82, 2.24) is 10.6 Å². The van der Waals surface area contributed by atoms with Crippen LogP contribution >= 0.6 is 0 Å². The molecule has 0 unspecified atom stereocenters. The number of hydrogen-bond donors (Lipinski definition) is 3. The molecule has 30 heavy (non-hydrogen) atoms. The van der Waals surface area contributed by atoms with Crippen LogP contribution < -0.4 is 10.6 Å². The second-order valence-corrected chi connectivity index (χ2v) is 9.27. The molecule has 3 aromatic carbocycles. The van der Waals surface area contributed by atoms with Crippen molar-refractivity contribution >= 4 is 0 Å². The van der Waals surface area contributed by atoms with Crippen LogP contribution in [0.3, 0.4) is 0 Å². The predicted octanol–water partition coefficient (Wildman–Crippen LogP) is 4.71. The van der Waals surface area contributed by atoms with E-state index in [4.69, 9.17) is 0 Å². The molecule has 1 aliphatic rings. The Labute approximate surface area is 180 Å². The standard InChI is InChI=1S/C27H32N2O/c1-27(2,3)28-18-25(30)24(17-19-11-5-4-6-12-19)29-26-22-15-9-7-13-20(22)21-14-8-10-16-23(21)26/h4-16,24-26,28-30H,17-18H2,1-3H3/t24-,25-/m0/s1. The highest BCUT2D eigenvalue weighted by Gasteiger charge is 2.32. The average molecular weight is 401 g/mol. The molecule has 0 aromatic heterocycles. The molecule has 0 saturated heterocycles. The molecule has 0 spiro atoms. The molecule has 0 aliphatic heterocycles. The monoisotopic (exact) mass is 400 g/mol. The maximum atomic E-state index is 11.2. The van der Waals surface area contributed by atoms with Gasteiger partial charge in [0.25, 0.3) is 0 Å². The lowest BCUT2D eigenvalue weighted by Crippen LogP contribution is -2.50. The Bertz CT molecular complexity index is 932. The van der Waals surface area contributed by atoms with Crippen molar-refractivity contribution in [3.8, 4) is 11.1 Å². The first-order valence-corrected chi connectivity index (χ1v) is 10.8. The Kier molecular flexibility index (Phi) is 6.05. The highest BCUT2D eigenvalue weighted by molar-refractivity contribution is 5.78. The number of nitrogens with one attached hydrogen (secondary N) is 2. The van der Waals surface area contributed by atoms with Crippen LogP contribution in [0.15, 0.2) is 78.9 Å². The van der Waals surface area contributed by atoms with E-state index in [1.54, 1.807) is 0 Å². The first kappa shape index (κ1) is 20.8. The summed E-state index contributed by atoms with van der Waals surface area (Å²) in [5.41, 5.74) is 6.33. The van der Waals surface area contributed by atoms with Crippen LogP contribution in [0, 0.1) is 0 Å². The maximum absolute atomic E-state index is 11.2. The van der Waals surface area contributed by atoms with Crippen molar-refractivity contribution in [3.63, 3.8) is 0 Å². The second-order valence-electron chi connectivity index (χ2n) is 9.27. The molecule has 0 bridgehead atoms. The summed E-state index contributed by atoms with van der Waals surface area (Å²) < 4.78 is 0. The van der Waals surface area contributed by atoms with E-state index >= 15 is 0 Å². The Hall–Kier alpha value is -2.46. The molecule has 2 atom stereocenters. The van der Waals surface area contributed by atoms with Gasteiger partial charge in [0.15, 0.2) is 0 Å². The summed E-state index contributed by atoms with van der Waals surface area (Å²) in [4.78, 5) is 0. The van der Waals surface area contributed by atoms with Crippen LogP contribution in [0.2, 0.25) is 0 Å². The SMILES string of the molecule is CC(C)(C)NC[C@H](O)[C@H](Cc1ccccc1)NC1c2ccccc2-c2ccccc21. The fourth-order valence-electron chi connectivity index (χ4n) is 4.28. The molecule has 0 fully saturated rings. The van der Waals surface area contributed by atoms with Crippen molar-refractivity contribution in [2.45, 2.75) is 50.9 Å². The van der Waals surface area contributed by atoms with Gasteiger partial charge in [0.1, 0.15) is 0 Å². The lowest BCUT2D eigenvalue weighted by atomic mass is 9.97. The third-order valence-corrected chi connectivity index (χ3v) is 5.82. The fourth-order valence-corrected chi connectivity index (χ4v) is 4.28. The average Bonchev–Trinajstić information content (AvgIpc) is 3.06. The lowest BCUT2D eigenvalue weighted by Gasteiger charge is -2.31. The van der Waals surface area contributed by atoms with E-state index in [9.17, 15) is 5.11 Å². The molecule has 3 aromatic rings. The van der Waals surface area contributed by atoms with E-state index < -0.39 is 6.10 Å². The van der Waals surface area contributed by atoms with Crippen molar-refractivity contribution in [3.05, 3.63) is 95.6 Å². The number of β-amino-alcohol motifs (C(OH)–C–C–N with tert-alkyl or cyclic N) is 1. The molecule has 156 valence electrons. The zero-order valence-corrected chi connectivity index (χ0v) is 18.1. The van der Waals surface area contributed by atoms with Crippen LogP contribution in [0.1, 0.15) is 43.5 Å². The number of aliphatic hydroxyl groups excluding tert-OH is 1. The number of aliphatic hydroxyl groups is 1. The summed E-state index contributed by atoms with van der Waals surface area (Å²) in [5.74, 6) is 0. The minimum absolute atomic E-state index is 0.0369. The zero-order chi connectivity index (χ0) is 21.1. The lowest BCUT2D eigenvalue weighted by molar-refractivity contribution is 0.113. The van der Waals surface area contributed by atoms with Crippen LogP contribution in [-0.2, 0) is 6.42 Å². The molecular weight excluding hydrogens is 368 g/mol. The highest BCUT2D eigenvalue weighted by Crippen LogP contribution is 2.43. The molecule has 0 amide bonds. The van der Waals surface area contributed by atoms with Gasteiger partial charge in [0, 0.05) is 18.1 Å². The minimum atomic E-state index is -0.510. The van der Waals surface area contributed by atoms with Crippen molar-refractivity contribution < 1.29 is 5.11 Å². The van der Waals surface area contributed by atoms with Crippen molar-refractivity contribution in [2.24, 2.45) is 0 Å². The van der Waals surface area contributed by atoms with E-state index in [1.165, 1.54) is 27.8 Å². The number of benzene rings is 3. The summed E-state index contributed by atoms with van der Waals surface area (Å²) >= 11 is 0. The predicted molar refractivity (Wildman–Crippen MR) is 125 cm³/mol. The van der Waals surface area contributed by atoms with Gasteiger partial charge in [-0.2, -0.15) is 0 Å². The van der Waals surface area contributed by atoms with Gasteiger partial charge >= 0.3 is 0 Å². The third-order valence-electron chi connectivity index (χ3n) is 5.82. The summed E-state index contributed by atoms with van der Waals surface area (Å²) in [6, 6.07) is 27.6. The van der Waals surface area contributed by atoms with Crippen LogP contribution in [0.4, 0.5) is 0 Å². The van der Waals surface area contributed by atoms with Crippen molar-refractivity contribution in [1.29, 1.82) is 0 Å². The van der Waals surface area contributed by atoms with E-state index in [1.807, 2.05) is 6.07 Å². The van der Waals surface area contributed by atoms with Gasteiger partial charge in [-0.25, -0.2) is 0 Å². The highest BCUT2D eigenvalue weighted by atomic mass is 16.3. The Morgan fingerprint density at radius 1 is 0.800 bits per heavy atom. The Morgan fingerprint density at radius 3 is 1.90 bits per heavy atom. The van der Waals surface area contributed by atoms with Gasteiger partial charge in [-0.05, 0) is 55.0 Å². The number of rotatable bonds is 7. The zero-order valence-electron chi connectivity index (χ0n) is 18.1. The summed E-state index contributed by atoms with van der Waals surface area (Å²) in [7, 11) is 0. The second kappa shape index (κ2) is 8.73. The fraction of sp³-hybridized carbons (Fsp3) is 0.333. The number of hydrogen-bond acceptors (Lipinski definition) is 3. The number of fused-ring (bicyclic) bond motifs is 3. The van der Waals surface area contributed by atoms with Crippen molar-refractivity contribution in [2.75, 3.05) is 6.54 Å². The van der Waals surface area contributed by atoms with Crippen LogP contribution in [0.5, 0.6) is 0 Å². The van der Waals surface area contributed by atoms with Gasteiger partial charge in [-0.15, -0.1) is 0 Å². The van der Waals surface area contributed by atoms with Gasteiger partial charge in [0.05, 0.1) is 12.1 Å². The molecule has 0 radical (unpaired) electrons. The van der Waals surface area contributed by atoms with E-state index in [0.29, 0.717) is 6.54 Å². The smallest absolute Gasteiger partial charge is 0.0820 e. The van der Waals surface area contributed by atoms with E-state index in [0.717, 1.165) is 6.42 Å². The normalized spacial score (nSPS) is 15.5. The Morgan fingerprint density at radius 2 is 1.33 bits per heavy atom. The van der Waals surface area contributed by atoms with E-state index in [-0.39, 0.29) is 17.6 Å². The molecule has 4 rings (SSSR count). The largest absolute Gasteiger partial charge is 0.390 e. The third kappa shape index (κ3) is 4.65. The maximum Gasteiger partial charge on any atom is 0.0820 e. The van der Waals surface area contributed by atoms with Crippen LogP contribution in [0.25, 0.3) is 11.1 Å². The topological polar surface area (TPSA) is 44.3 Å². The van der Waals surface area contributed by atoms with Crippen LogP contribution in [-0.4, -0.2) is 29.3 Å². The molecular formula is C27H32N2O. The quantitative estimate of drug-likeness (QED) is 0.538. The molecule has 0 heterocycles. The van der Waals surface area contributed by atoms with E-state index in [2.05, 4.69) is 104 Å². The van der Waals surface area contributed by atoms with Gasteiger partial charge in [-0.3, -0.25) is 0 Å². The molecule has 3 heteroatoms. The Balaban J connectivity index is 1.62. The minimum Gasteiger partial charge on any atom is -0.390 e.